The van der Waals surface area contributed by atoms with Gasteiger partial charge in [0.1, 0.15) is 13.1 Å². The van der Waals surface area contributed by atoms with Crippen LogP contribution in [0.3, 0.4) is 0 Å². The van der Waals surface area contributed by atoms with E-state index >= 15 is 0 Å². The van der Waals surface area contributed by atoms with Gasteiger partial charge in [0.2, 0.25) is 11.4 Å². The van der Waals surface area contributed by atoms with E-state index in [2.05, 4.69) is 199 Å². The smallest absolute Gasteiger partial charge is 0.209 e. The maximum Gasteiger partial charge on any atom is 0.209 e. The molecule has 62 heavy (non-hydrogen) atoms. The van der Waals surface area contributed by atoms with E-state index in [-0.39, 0.29) is 10.8 Å². The number of benzene rings is 3. The maximum atomic E-state index is 5.24. The molecule has 0 atom stereocenters. The number of nitrogens with zero attached hydrogens (tertiary/aromatic N) is 6. The van der Waals surface area contributed by atoms with Crippen molar-refractivity contribution in [3.8, 4) is 0 Å². The van der Waals surface area contributed by atoms with Gasteiger partial charge < -0.3 is 0 Å². The summed E-state index contributed by atoms with van der Waals surface area (Å²) in [6.07, 6.45) is 17.1. The topological polar surface area (TPSA) is 47.9 Å². The molecule has 0 saturated carbocycles. The molecule has 0 bridgehead atoms. The summed E-state index contributed by atoms with van der Waals surface area (Å²) >= 11 is 0. The molecule has 0 fully saturated rings. The average molecular weight is 819 g/mol. The summed E-state index contributed by atoms with van der Waals surface area (Å²) in [5, 5.41) is 0. The minimum atomic E-state index is -0.103. The normalized spacial score (nSPS) is 15.3. The van der Waals surface area contributed by atoms with Crippen molar-refractivity contribution in [3.63, 3.8) is 0 Å². The largest absolute Gasteiger partial charge is 0.286 e. The Morgan fingerprint density at radius 2 is 1.03 bits per heavy atom. The van der Waals surface area contributed by atoms with Gasteiger partial charge in [-0.3, -0.25) is 19.9 Å². The van der Waals surface area contributed by atoms with Crippen LogP contribution in [0, 0.1) is 0 Å². The van der Waals surface area contributed by atoms with Crippen LogP contribution in [0.15, 0.2) is 146 Å². The van der Waals surface area contributed by atoms with Gasteiger partial charge in [0.15, 0.2) is 11.4 Å². The molecule has 6 nitrogen and oxygen atoms in total. The summed E-state index contributed by atoms with van der Waals surface area (Å²) in [5.41, 5.74) is 16.0. The van der Waals surface area contributed by atoms with E-state index in [0.717, 1.165) is 74.6 Å². The van der Waals surface area contributed by atoms with Crippen molar-refractivity contribution in [3.05, 3.63) is 196 Å². The Morgan fingerprint density at radius 3 is 1.60 bits per heavy atom. The quantitative estimate of drug-likeness (QED) is 0.0860. The molecule has 2 aliphatic rings. The van der Waals surface area contributed by atoms with E-state index in [1.807, 2.05) is 24.5 Å². The zero-order chi connectivity index (χ0) is 43.1. The van der Waals surface area contributed by atoms with Gasteiger partial charge in [-0.15, -0.1) is 0 Å². The first-order valence-electron chi connectivity index (χ1n) is 22.6. The predicted octanol–water partition coefficient (Wildman–Crippen LogP) is 11.9. The molecule has 5 heterocycles. The standard InChI is InChI=1S/C56H62N6/c1-7-36-61-51-24-11-9-22-49(51)55(3,4)53(61)32-27-42-26-28-43(44(38-42)30-33-54-56(5,6)50-23-10-12-25-52(50)62(54)37-8-2)29-31-45-20-17-21-48(59-45)41-60(39-46-18-13-15-34-57-46)40-47-19-14-16-35-58-47/h9-28,30,32-35,38H,7-8,29,31,36-37,39-41H2,1-6H3/q+2/b32-27+,33-30+. The Bertz CT molecular complexity index is 2590. The Hall–Kier alpha value is -6.11. The third-order valence-corrected chi connectivity index (χ3v) is 12.6. The second kappa shape index (κ2) is 18.9. The molecule has 0 amide bonds. The third kappa shape index (κ3) is 9.22. The van der Waals surface area contributed by atoms with E-state index in [9.17, 15) is 0 Å². The lowest BCUT2D eigenvalue weighted by Crippen LogP contribution is -2.27. The van der Waals surface area contributed by atoms with Gasteiger partial charge in [-0.1, -0.05) is 80.6 Å². The average Bonchev–Trinajstić information content (AvgIpc) is 3.63. The molecule has 6 aromatic rings. The maximum absolute atomic E-state index is 5.24. The number of rotatable bonds is 17. The summed E-state index contributed by atoms with van der Waals surface area (Å²) in [7, 11) is 0. The zero-order valence-electron chi connectivity index (χ0n) is 37.6. The van der Waals surface area contributed by atoms with E-state index in [1.165, 1.54) is 50.6 Å². The van der Waals surface area contributed by atoms with Crippen LogP contribution in [0.5, 0.6) is 0 Å². The lowest BCUT2D eigenvalue weighted by molar-refractivity contribution is -0.437. The number of para-hydroxylation sites is 2. The Morgan fingerprint density at radius 1 is 0.516 bits per heavy atom. The van der Waals surface area contributed by atoms with Gasteiger partial charge in [-0.2, -0.15) is 9.15 Å². The van der Waals surface area contributed by atoms with Crippen LogP contribution in [0.4, 0.5) is 11.4 Å². The summed E-state index contributed by atoms with van der Waals surface area (Å²) in [6.45, 7) is 18.1. The van der Waals surface area contributed by atoms with E-state index in [4.69, 9.17) is 4.98 Å². The molecule has 0 N–H and O–H groups in total. The summed E-state index contributed by atoms with van der Waals surface area (Å²) in [5.74, 6) is 0. The van der Waals surface area contributed by atoms with Crippen LogP contribution in [-0.4, -0.2) is 53.5 Å². The molecule has 3 aromatic carbocycles. The van der Waals surface area contributed by atoms with Gasteiger partial charge >= 0.3 is 0 Å². The highest BCUT2D eigenvalue weighted by Crippen LogP contribution is 2.41. The van der Waals surface area contributed by atoms with Crippen LogP contribution in [0.1, 0.15) is 105 Å². The molecule has 0 saturated heterocycles. The Labute approximate surface area is 369 Å². The number of pyridine rings is 3. The minimum absolute atomic E-state index is 0.0805. The molecule has 3 aromatic heterocycles. The van der Waals surface area contributed by atoms with Crippen LogP contribution in [0.2, 0.25) is 0 Å². The first kappa shape index (κ1) is 42.6. The van der Waals surface area contributed by atoms with Crippen LogP contribution < -0.4 is 0 Å². The Balaban J connectivity index is 1.10. The monoisotopic (exact) mass is 819 g/mol. The first-order chi connectivity index (χ1) is 30.1. The van der Waals surface area contributed by atoms with Crippen LogP contribution in [-0.2, 0) is 43.3 Å². The molecule has 0 radical (unpaired) electrons. The lowest BCUT2D eigenvalue weighted by atomic mass is 9.81. The van der Waals surface area contributed by atoms with Gasteiger partial charge in [0.25, 0.3) is 0 Å². The predicted molar refractivity (Wildman–Crippen MR) is 257 cm³/mol. The lowest BCUT2D eigenvalue weighted by Gasteiger charge is -2.21. The zero-order valence-corrected chi connectivity index (χ0v) is 37.6. The van der Waals surface area contributed by atoms with Crippen LogP contribution >= 0.6 is 0 Å². The number of hydrogen-bond donors (Lipinski definition) is 0. The molecule has 0 aliphatic carbocycles. The van der Waals surface area contributed by atoms with E-state index in [0.29, 0.717) is 6.54 Å². The van der Waals surface area contributed by atoms with Crippen molar-refractivity contribution >= 4 is 35.0 Å². The Kier molecular flexibility index (Phi) is 13.0. The minimum Gasteiger partial charge on any atom is -0.286 e. The number of aryl methyl sites for hydroxylation is 2. The molecule has 8 rings (SSSR count). The first-order valence-corrected chi connectivity index (χ1v) is 22.6. The molecule has 314 valence electrons. The van der Waals surface area contributed by atoms with E-state index in [1.54, 1.807) is 0 Å². The van der Waals surface area contributed by atoms with Crippen molar-refractivity contribution in [1.29, 1.82) is 0 Å². The van der Waals surface area contributed by atoms with Gasteiger partial charge in [-0.05, 0) is 112 Å². The van der Waals surface area contributed by atoms with Gasteiger partial charge in [0, 0.05) is 86.0 Å². The van der Waals surface area contributed by atoms with Crippen LogP contribution in [0.25, 0.3) is 12.2 Å². The number of hydrogen-bond acceptors (Lipinski definition) is 4. The summed E-state index contributed by atoms with van der Waals surface area (Å²) < 4.78 is 5.06. The number of allylic oxidation sites excluding steroid dienone is 2. The van der Waals surface area contributed by atoms with Crippen molar-refractivity contribution in [2.45, 2.75) is 97.7 Å². The molecule has 0 spiro atoms. The van der Waals surface area contributed by atoms with Crippen molar-refractivity contribution < 1.29 is 9.15 Å². The highest BCUT2D eigenvalue weighted by Gasteiger charge is 2.45. The highest BCUT2D eigenvalue weighted by molar-refractivity contribution is 6.06. The fourth-order valence-corrected chi connectivity index (χ4v) is 9.51. The van der Waals surface area contributed by atoms with E-state index < -0.39 is 0 Å². The SMILES string of the molecule is CCC[N+]1=C(/C=C/c2ccc(CCc3cccc(CN(Cc4ccccn4)Cc4ccccn4)n3)c(/C=C/C3=[N+](CCC)c4ccccc4C3(C)C)c2)C(C)(C)c2ccccc21. The van der Waals surface area contributed by atoms with Crippen molar-refractivity contribution in [2.75, 3.05) is 13.1 Å². The summed E-state index contributed by atoms with van der Waals surface area (Å²) in [6, 6.07) is 43.6. The molecular weight excluding hydrogens is 757 g/mol. The second-order valence-electron chi connectivity index (χ2n) is 17.9. The third-order valence-electron chi connectivity index (χ3n) is 12.6. The fourth-order valence-electron chi connectivity index (χ4n) is 9.51. The summed E-state index contributed by atoms with van der Waals surface area (Å²) in [4.78, 5) is 16.9. The highest BCUT2D eigenvalue weighted by atomic mass is 15.1. The van der Waals surface area contributed by atoms with Gasteiger partial charge in [0.05, 0.1) is 27.9 Å². The molecule has 0 unspecified atom stereocenters. The molecule has 6 heteroatoms. The second-order valence-corrected chi connectivity index (χ2v) is 17.9. The fraction of sp³-hybridized carbons (Fsp3) is 0.304. The van der Waals surface area contributed by atoms with Crippen molar-refractivity contribution in [2.24, 2.45) is 0 Å². The van der Waals surface area contributed by atoms with Gasteiger partial charge in [-0.25, -0.2) is 0 Å². The molecule has 2 aliphatic heterocycles. The van der Waals surface area contributed by atoms with Crippen molar-refractivity contribution in [1.82, 2.24) is 19.9 Å². The number of fused-ring (bicyclic) bond motifs is 2. The number of aromatic nitrogens is 3. The molecular formula is C56H62N6+2.